The molecule has 0 radical (unpaired) electrons. The van der Waals surface area contributed by atoms with Crippen molar-refractivity contribution in [1.29, 1.82) is 0 Å². The molecule has 0 aliphatic heterocycles. The standard InChI is InChI=1S/C9H13NO3/c1-12-9(11)3-2-8(10)7-4-5-13-6-7/h4-6,8H,2-3,10H2,1H3. The minimum atomic E-state index is -0.237. The SMILES string of the molecule is COC(=O)CCC(N)c1ccoc1. The van der Waals surface area contributed by atoms with Crippen LogP contribution in [-0.2, 0) is 9.53 Å². The maximum absolute atomic E-state index is 10.8. The molecule has 4 heteroatoms. The lowest BCUT2D eigenvalue weighted by Crippen LogP contribution is -2.12. The van der Waals surface area contributed by atoms with Gasteiger partial charge in [0.1, 0.15) is 0 Å². The summed E-state index contributed by atoms with van der Waals surface area (Å²) >= 11 is 0. The van der Waals surface area contributed by atoms with E-state index >= 15 is 0 Å². The van der Waals surface area contributed by atoms with Crippen molar-refractivity contribution in [1.82, 2.24) is 0 Å². The van der Waals surface area contributed by atoms with Crippen molar-refractivity contribution < 1.29 is 13.9 Å². The largest absolute Gasteiger partial charge is 0.472 e. The smallest absolute Gasteiger partial charge is 0.305 e. The zero-order valence-electron chi connectivity index (χ0n) is 7.53. The van der Waals surface area contributed by atoms with Gasteiger partial charge in [-0.2, -0.15) is 0 Å². The topological polar surface area (TPSA) is 65.5 Å². The number of ether oxygens (including phenoxy) is 1. The third-order valence-electron chi connectivity index (χ3n) is 1.86. The number of nitrogens with two attached hydrogens (primary N) is 1. The van der Waals surface area contributed by atoms with Crippen LogP contribution in [0.15, 0.2) is 23.0 Å². The van der Waals surface area contributed by atoms with Gasteiger partial charge < -0.3 is 14.9 Å². The Hall–Kier alpha value is -1.29. The van der Waals surface area contributed by atoms with E-state index < -0.39 is 0 Å². The van der Waals surface area contributed by atoms with Crippen molar-refractivity contribution >= 4 is 5.97 Å². The molecule has 0 aliphatic carbocycles. The molecule has 2 N–H and O–H groups in total. The van der Waals surface area contributed by atoms with E-state index in [2.05, 4.69) is 4.74 Å². The van der Waals surface area contributed by atoms with E-state index in [1.807, 2.05) is 0 Å². The molecular formula is C9H13NO3. The molecule has 0 amide bonds. The summed E-state index contributed by atoms with van der Waals surface area (Å²) in [6.45, 7) is 0. The summed E-state index contributed by atoms with van der Waals surface area (Å²) in [7, 11) is 1.37. The highest BCUT2D eigenvalue weighted by molar-refractivity contribution is 5.69. The van der Waals surface area contributed by atoms with Gasteiger partial charge in [0, 0.05) is 18.0 Å². The Kier molecular flexibility index (Phi) is 3.52. The van der Waals surface area contributed by atoms with Gasteiger partial charge in [-0.1, -0.05) is 0 Å². The first-order valence-corrected chi connectivity index (χ1v) is 4.08. The molecule has 1 unspecified atom stereocenters. The second kappa shape index (κ2) is 4.67. The average molecular weight is 183 g/mol. The number of methoxy groups -OCH3 is 1. The highest BCUT2D eigenvalue weighted by Crippen LogP contribution is 2.15. The molecule has 72 valence electrons. The Morgan fingerprint density at radius 1 is 1.77 bits per heavy atom. The molecule has 1 heterocycles. The van der Waals surface area contributed by atoms with Gasteiger partial charge in [0.25, 0.3) is 0 Å². The Bertz CT molecular complexity index is 256. The predicted molar refractivity (Wildman–Crippen MR) is 46.9 cm³/mol. The highest BCUT2D eigenvalue weighted by atomic mass is 16.5. The molecule has 0 aromatic carbocycles. The monoisotopic (exact) mass is 183 g/mol. The summed E-state index contributed by atoms with van der Waals surface area (Å²) in [4.78, 5) is 10.8. The van der Waals surface area contributed by atoms with Crippen LogP contribution in [0.5, 0.6) is 0 Å². The quantitative estimate of drug-likeness (QED) is 0.713. The second-order valence-electron chi connectivity index (χ2n) is 2.78. The number of hydrogen-bond donors (Lipinski definition) is 1. The lowest BCUT2D eigenvalue weighted by Gasteiger charge is -2.07. The van der Waals surface area contributed by atoms with Crippen LogP contribution >= 0.6 is 0 Å². The normalized spacial score (nSPS) is 12.5. The van der Waals surface area contributed by atoms with E-state index in [-0.39, 0.29) is 12.0 Å². The Labute approximate surface area is 76.7 Å². The van der Waals surface area contributed by atoms with Crippen LogP contribution in [0, 0.1) is 0 Å². The van der Waals surface area contributed by atoms with Crippen LogP contribution < -0.4 is 5.73 Å². The Balaban J connectivity index is 2.34. The zero-order chi connectivity index (χ0) is 9.68. The van der Waals surface area contributed by atoms with Gasteiger partial charge in [0.2, 0.25) is 0 Å². The fraction of sp³-hybridized carbons (Fsp3) is 0.444. The van der Waals surface area contributed by atoms with E-state index in [1.165, 1.54) is 7.11 Å². The lowest BCUT2D eigenvalue weighted by atomic mass is 10.1. The molecule has 0 saturated carbocycles. The van der Waals surface area contributed by atoms with Crippen molar-refractivity contribution in [3.8, 4) is 0 Å². The van der Waals surface area contributed by atoms with E-state index in [1.54, 1.807) is 18.6 Å². The van der Waals surface area contributed by atoms with Crippen molar-refractivity contribution in [2.75, 3.05) is 7.11 Å². The second-order valence-corrected chi connectivity index (χ2v) is 2.78. The van der Waals surface area contributed by atoms with E-state index in [4.69, 9.17) is 10.2 Å². The summed E-state index contributed by atoms with van der Waals surface area (Å²) in [5.41, 5.74) is 6.68. The third-order valence-corrected chi connectivity index (χ3v) is 1.86. The van der Waals surface area contributed by atoms with Gasteiger partial charge >= 0.3 is 5.97 Å². The van der Waals surface area contributed by atoms with Crippen molar-refractivity contribution in [3.63, 3.8) is 0 Å². The van der Waals surface area contributed by atoms with E-state index in [0.29, 0.717) is 12.8 Å². The number of carbonyl (C=O) groups excluding carboxylic acids is 1. The van der Waals surface area contributed by atoms with Gasteiger partial charge in [-0.05, 0) is 12.5 Å². The average Bonchev–Trinajstić information content (AvgIpc) is 2.66. The minimum Gasteiger partial charge on any atom is -0.472 e. The number of hydrogen-bond acceptors (Lipinski definition) is 4. The predicted octanol–water partition coefficient (Wildman–Crippen LogP) is 1.23. The molecule has 0 aliphatic rings. The van der Waals surface area contributed by atoms with Crippen LogP contribution in [0.1, 0.15) is 24.4 Å². The number of esters is 1. The van der Waals surface area contributed by atoms with Crippen LogP contribution in [0.3, 0.4) is 0 Å². The maximum atomic E-state index is 10.8. The molecule has 0 bridgehead atoms. The molecular weight excluding hydrogens is 170 g/mol. The zero-order valence-corrected chi connectivity index (χ0v) is 7.53. The summed E-state index contributed by atoms with van der Waals surface area (Å²) in [6, 6.07) is 1.64. The molecule has 13 heavy (non-hydrogen) atoms. The molecule has 0 spiro atoms. The first-order valence-electron chi connectivity index (χ1n) is 4.08. The van der Waals surface area contributed by atoms with Gasteiger partial charge in [-0.15, -0.1) is 0 Å². The van der Waals surface area contributed by atoms with Crippen molar-refractivity contribution in [3.05, 3.63) is 24.2 Å². The van der Waals surface area contributed by atoms with E-state index in [0.717, 1.165) is 5.56 Å². The molecule has 0 fully saturated rings. The fourth-order valence-electron chi connectivity index (χ4n) is 1.03. The van der Waals surface area contributed by atoms with Crippen LogP contribution in [0.2, 0.25) is 0 Å². The number of rotatable bonds is 4. The minimum absolute atomic E-state index is 0.155. The van der Waals surface area contributed by atoms with Crippen molar-refractivity contribution in [2.45, 2.75) is 18.9 Å². The van der Waals surface area contributed by atoms with Gasteiger partial charge in [-0.25, -0.2) is 0 Å². The van der Waals surface area contributed by atoms with Crippen molar-refractivity contribution in [2.24, 2.45) is 5.73 Å². The van der Waals surface area contributed by atoms with Crippen LogP contribution in [-0.4, -0.2) is 13.1 Å². The summed E-state index contributed by atoms with van der Waals surface area (Å²) in [5, 5.41) is 0. The third kappa shape index (κ3) is 2.91. The maximum Gasteiger partial charge on any atom is 0.305 e. The van der Waals surface area contributed by atoms with Crippen LogP contribution in [0.4, 0.5) is 0 Å². The van der Waals surface area contributed by atoms with E-state index in [9.17, 15) is 4.79 Å². The molecule has 0 saturated heterocycles. The van der Waals surface area contributed by atoms with Gasteiger partial charge in [-0.3, -0.25) is 4.79 Å². The molecule has 4 nitrogen and oxygen atoms in total. The van der Waals surface area contributed by atoms with Crippen LogP contribution in [0.25, 0.3) is 0 Å². The van der Waals surface area contributed by atoms with Gasteiger partial charge in [0.15, 0.2) is 0 Å². The summed E-state index contributed by atoms with van der Waals surface area (Å²) < 4.78 is 9.37. The Morgan fingerprint density at radius 2 is 2.54 bits per heavy atom. The first kappa shape index (κ1) is 9.80. The number of carbonyl (C=O) groups is 1. The highest BCUT2D eigenvalue weighted by Gasteiger charge is 2.09. The lowest BCUT2D eigenvalue weighted by molar-refractivity contribution is -0.140. The molecule has 1 aromatic rings. The first-order chi connectivity index (χ1) is 6.24. The number of furan rings is 1. The molecule has 1 atom stereocenters. The summed E-state index contributed by atoms with van der Waals surface area (Å²) in [5.74, 6) is -0.237. The Morgan fingerprint density at radius 3 is 3.08 bits per heavy atom. The molecule has 1 rings (SSSR count). The summed E-state index contributed by atoms with van der Waals surface area (Å²) in [6.07, 6.45) is 4.06. The molecule has 1 aromatic heterocycles. The fourth-order valence-corrected chi connectivity index (χ4v) is 1.03. The van der Waals surface area contributed by atoms with Gasteiger partial charge in [0.05, 0.1) is 19.6 Å².